The van der Waals surface area contributed by atoms with Gasteiger partial charge < -0.3 is 10.6 Å². The van der Waals surface area contributed by atoms with E-state index < -0.39 is 0 Å². The number of thiazole rings is 1. The monoisotopic (exact) mass is 276 g/mol. The third-order valence-corrected chi connectivity index (χ3v) is 3.40. The van der Waals surface area contributed by atoms with Crippen molar-refractivity contribution in [1.82, 2.24) is 15.3 Å². The molecule has 0 aliphatic rings. The van der Waals surface area contributed by atoms with Crippen LogP contribution in [0.15, 0.2) is 24.5 Å². The van der Waals surface area contributed by atoms with E-state index >= 15 is 0 Å². The molecule has 0 bridgehead atoms. The molecule has 5 nitrogen and oxygen atoms in total. The van der Waals surface area contributed by atoms with Gasteiger partial charge in [0, 0.05) is 23.8 Å². The van der Waals surface area contributed by atoms with Crippen molar-refractivity contribution in [3.8, 4) is 0 Å². The number of carbonyl (C=O) groups is 1. The van der Waals surface area contributed by atoms with E-state index in [1.165, 1.54) is 0 Å². The lowest BCUT2D eigenvalue weighted by molar-refractivity contribution is 0.0952. The van der Waals surface area contributed by atoms with Crippen LogP contribution < -0.4 is 10.6 Å². The van der Waals surface area contributed by atoms with Crippen molar-refractivity contribution >= 4 is 23.1 Å². The van der Waals surface area contributed by atoms with Gasteiger partial charge in [-0.2, -0.15) is 0 Å². The maximum atomic E-state index is 12.1. The maximum absolute atomic E-state index is 12.1. The van der Waals surface area contributed by atoms with Gasteiger partial charge >= 0.3 is 0 Å². The van der Waals surface area contributed by atoms with E-state index in [9.17, 15) is 4.79 Å². The summed E-state index contributed by atoms with van der Waals surface area (Å²) in [4.78, 5) is 21.5. The Kier molecular flexibility index (Phi) is 4.46. The summed E-state index contributed by atoms with van der Waals surface area (Å²) in [6.07, 6.45) is 3.45. The normalized spacial score (nSPS) is 10.2. The molecule has 2 aromatic heterocycles. The molecule has 0 fully saturated rings. The van der Waals surface area contributed by atoms with Crippen LogP contribution >= 0.6 is 11.3 Å². The summed E-state index contributed by atoms with van der Waals surface area (Å²) in [5, 5.41) is 6.96. The molecule has 2 aromatic rings. The lowest BCUT2D eigenvalue weighted by atomic mass is 10.2. The summed E-state index contributed by atoms with van der Waals surface area (Å²) in [6.45, 7) is 5.13. The Morgan fingerprint density at radius 3 is 2.95 bits per heavy atom. The van der Waals surface area contributed by atoms with E-state index in [1.54, 1.807) is 35.9 Å². The highest BCUT2D eigenvalue weighted by Crippen LogP contribution is 2.13. The highest BCUT2D eigenvalue weighted by Gasteiger charge is 2.11. The van der Waals surface area contributed by atoms with E-state index in [0.717, 1.165) is 16.4 Å². The highest BCUT2D eigenvalue weighted by atomic mass is 32.1. The first-order chi connectivity index (χ1) is 9.20. The first kappa shape index (κ1) is 13.5. The Labute approximate surface area is 116 Å². The van der Waals surface area contributed by atoms with E-state index in [1.807, 2.05) is 13.8 Å². The van der Waals surface area contributed by atoms with Crippen molar-refractivity contribution in [2.45, 2.75) is 20.4 Å². The van der Waals surface area contributed by atoms with E-state index in [2.05, 4.69) is 20.6 Å². The number of anilines is 1. The first-order valence-electron chi connectivity index (χ1n) is 6.09. The van der Waals surface area contributed by atoms with Crippen LogP contribution in [0.3, 0.4) is 0 Å². The minimum absolute atomic E-state index is 0.130. The molecule has 0 unspecified atom stereocenters. The number of rotatable bonds is 5. The first-order valence-corrected chi connectivity index (χ1v) is 6.90. The van der Waals surface area contributed by atoms with Crippen LogP contribution in [-0.2, 0) is 6.54 Å². The molecule has 1 amide bonds. The van der Waals surface area contributed by atoms with Crippen molar-refractivity contribution in [1.29, 1.82) is 0 Å². The summed E-state index contributed by atoms with van der Waals surface area (Å²) in [6, 6.07) is 3.52. The summed E-state index contributed by atoms with van der Waals surface area (Å²) in [5.41, 5.74) is 0.561. The van der Waals surface area contributed by atoms with Crippen LogP contribution in [-0.4, -0.2) is 22.4 Å². The zero-order valence-electron chi connectivity index (χ0n) is 10.9. The predicted octanol–water partition coefficient (Wildman–Crippen LogP) is 2.21. The summed E-state index contributed by atoms with van der Waals surface area (Å²) in [5.74, 6) is 0.484. The van der Waals surface area contributed by atoms with Gasteiger partial charge in [-0.1, -0.05) is 0 Å². The summed E-state index contributed by atoms with van der Waals surface area (Å²) in [7, 11) is 0. The van der Waals surface area contributed by atoms with Gasteiger partial charge in [0.05, 0.1) is 17.1 Å². The fourth-order valence-electron chi connectivity index (χ4n) is 1.65. The molecule has 100 valence electrons. The third kappa shape index (κ3) is 3.51. The van der Waals surface area contributed by atoms with E-state index in [4.69, 9.17) is 0 Å². The molecular formula is C13H16N4OS. The minimum Gasteiger partial charge on any atom is -0.370 e. The second kappa shape index (κ2) is 6.29. The minimum atomic E-state index is -0.130. The molecule has 2 heterocycles. The number of aromatic nitrogens is 2. The molecule has 2 rings (SSSR count). The molecule has 0 saturated heterocycles. The fourth-order valence-corrected chi connectivity index (χ4v) is 2.38. The van der Waals surface area contributed by atoms with Gasteiger partial charge in [0.15, 0.2) is 0 Å². The van der Waals surface area contributed by atoms with E-state index in [0.29, 0.717) is 17.9 Å². The van der Waals surface area contributed by atoms with Crippen molar-refractivity contribution in [3.63, 3.8) is 0 Å². The smallest absolute Gasteiger partial charge is 0.255 e. The molecule has 19 heavy (non-hydrogen) atoms. The van der Waals surface area contributed by atoms with Gasteiger partial charge in [-0.15, -0.1) is 11.3 Å². The van der Waals surface area contributed by atoms with Gasteiger partial charge in [0.1, 0.15) is 5.82 Å². The second-order valence-corrected chi connectivity index (χ2v) is 5.28. The van der Waals surface area contributed by atoms with Gasteiger partial charge in [-0.3, -0.25) is 4.79 Å². The average molecular weight is 276 g/mol. The highest BCUT2D eigenvalue weighted by molar-refractivity contribution is 7.11. The van der Waals surface area contributed by atoms with Gasteiger partial charge in [-0.05, 0) is 26.0 Å². The quantitative estimate of drug-likeness (QED) is 0.878. The maximum Gasteiger partial charge on any atom is 0.255 e. The molecule has 0 saturated carbocycles. The van der Waals surface area contributed by atoms with Gasteiger partial charge in [0.2, 0.25) is 0 Å². The number of aryl methyl sites for hydroxylation is 1. The number of nitrogens with one attached hydrogen (secondary N) is 2. The fraction of sp³-hybridized carbons (Fsp3) is 0.308. The van der Waals surface area contributed by atoms with Crippen molar-refractivity contribution in [2.24, 2.45) is 0 Å². The summed E-state index contributed by atoms with van der Waals surface area (Å²) < 4.78 is 0. The number of hydrogen-bond donors (Lipinski definition) is 2. The third-order valence-electron chi connectivity index (χ3n) is 2.49. The largest absolute Gasteiger partial charge is 0.370 e. The van der Waals surface area contributed by atoms with Gasteiger partial charge in [0.25, 0.3) is 5.91 Å². The van der Waals surface area contributed by atoms with Crippen molar-refractivity contribution in [3.05, 3.63) is 40.0 Å². The van der Waals surface area contributed by atoms with Crippen LogP contribution in [0.1, 0.15) is 27.2 Å². The Morgan fingerprint density at radius 2 is 2.26 bits per heavy atom. The Balaban J connectivity index is 2.03. The zero-order chi connectivity index (χ0) is 13.7. The number of pyridine rings is 1. The SMILES string of the molecule is CCNc1ncccc1C(=O)NCc1cnc(C)s1. The van der Waals surface area contributed by atoms with Crippen LogP contribution in [0, 0.1) is 6.92 Å². The van der Waals surface area contributed by atoms with E-state index in [-0.39, 0.29) is 5.91 Å². The molecule has 6 heteroatoms. The number of carbonyl (C=O) groups excluding carboxylic acids is 1. The molecule has 0 spiro atoms. The number of hydrogen-bond acceptors (Lipinski definition) is 5. The lowest BCUT2D eigenvalue weighted by Crippen LogP contribution is -2.24. The Hall–Kier alpha value is -1.95. The molecule has 0 aliphatic carbocycles. The molecular weight excluding hydrogens is 260 g/mol. The second-order valence-electron chi connectivity index (χ2n) is 3.96. The summed E-state index contributed by atoms with van der Waals surface area (Å²) >= 11 is 1.58. The van der Waals surface area contributed by atoms with Crippen LogP contribution in [0.25, 0.3) is 0 Å². The standard InChI is InChI=1S/C13H16N4OS/c1-3-14-12-11(5-4-6-15-12)13(18)17-8-10-7-16-9(2)19-10/h4-7H,3,8H2,1-2H3,(H,14,15)(H,17,18). The Morgan fingerprint density at radius 1 is 1.42 bits per heavy atom. The molecule has 2 N–H and O–H groups in total. The Bertz CT molecular complexity index is 567. The predicted molar refractivity (Wildman–Crippen MR) is 76.4 cm³/mol. The van der Waals surface area contributed by atoms with Gasteiger partial charge in [-0.25, -0.2) is 9.97 Å². The lowest BCUT2D eigenvalue weighted by Gasteiger charge is -2.09. The number of nitrogens with zero attached hydrogens (tertiary/aromatic N) is 2. The van der Waals surface area contributed by atoms with Crippen LogP contribution in [0.2, 0.25) is 0 Å². The number of amides is 1. The molecule has 0 aromatic carbocycles. The average Bonchev–Trinajstić information content (AvgIpc) is 2.83. The molecule has 0 aliphatic heterocycles. The van der Waals surface area contributed by atoms with Crippen LogP contribution in [0.4, 0.5) is 5.82 Å². The van der Waals surface area contributed by atoms with Crippen molar-refractivity contribution < 1.29 is 4.79 Å². The van der Waals surface area contributed by atoms with Crippen molar-refractivity contribution in [2.75, 3.05) is 11.9 Å². The molecule has 0 radical (unpaired) electrons. The topological polar surface area (TPSA) is 66.9 Å². The molecule has 0 atom stereocenters. The zero-order valence-corrected chi connectivity index (χ0v) is 11.8. The van der Waals surface area contributed by atoms with Crippen LogP contribution in [0.5, 0.6) is 0 Å².